The first-order valence-corrected chi connectivity index (χ1v) is 6.18. The second-order valence-corrected chi connectivity index (χ2v) is 4.60. The Labute approximate surface area is 113 Å². The molecule has 0 spiro atoms. The van der Waals surface area contributed by atoms with Gasteiger partial charge in [-0.2, -0.15) is 0 Å². The van der Waals surface area contributed by atoms with E-state index in [0.29, 0.717) is 0 Å². The van der Waals surface area contributed by atoms with Gasteiger partial charge in [0.15, 0.2) is 0 Å². The fourth-order valence-electron chi connectivity index (χ4n) is 2.03. The molecular weight excluding hydrogens is 238 g/mol. The third kappa shape index (κ3) is 2.92. The third-order valence-electron chi connectivity index (χ3n) is 3.33. The molecule has 0 amide bonds. The topological polar surface area (TPSA) is 60.2 Å². The van der Waals surface area contributed by atoms with Crippen LogP contribution < -0.4 is 16.0 Å². The summed E-state index contributed by atoms with van der Waals surface area (Å²) in [6.07, 6.45) is 3.47. The molecule has 0 aliphatic heterocycles. The predicted molar refractivity (Wildman–Crippen MR) is 75.9 cm³/mol. The van der Waals surface area contributed by atoms with Crippen molar-refractivity contribution in [1.82, 2.24) is 10.4 Å². The molecule has 4 heteroatoms. The van der Waals surface area contributed by atoms with Crippen LogP contribution in [0, 0.1) is 13.8 Å². The van der Waals surface area contributed by atoms with Crippen molar-refractivity contribution < 1.29 is 4.74 Å². The van der Waals surface area contributed by atoms with E-state index in [1.807, 2.05) is 6.07 Å². The molecule has 0 aliphatic rings. The van der Waals surface area contributed by atoms with Crippen molar-refractivity contribution in [3.63, 3.8) is 0 Å². The Bertz CT molecular complexity index is 569. The van der Waals surface area contributed by atoms with E-state index in [1.54, 1.807) is 19.5 Å². The van der Waals surface area contributed by atoms with E-state index < -0.39 is 0 Å². The maximum absolute atomic E-state index is 5.70. The zero-order valence-electron chi connectivity index (χ0n) is 11.5. The van der Waals surface area contributed by atoms with Crippen LogP contribution in [0.4, 0.5) is 0 Å². The van der Waals surface area contributed by atoms with Gasteiger partial charge in [0.25, 0.3) is 0 Å². The highest BCUT2D eigenvalue weighted by Gasteiger charge is 2.14. The molecule has 2 aromatic rings. The number of methoxy groups -OCH3 is 1. The summed E-state index contributed by atoms with van der Waals surface area (Å²) in [5.74, 6) is 6.42. The van der Waals surface area contributed by atoms with Crippen LogP contribution in [0.5, 0.6) is 5.75 Å². The van der Waals surface area contributed by atoms with E-state index in [4.69, 9.17) is 10.6 Å². The Balaban J connectivity index is 2.40. The standard InChI is InChI=1S/C15H19N3O/c1-10-4-5-12(6-11(10)2)15(18-16)13-7-14(19-3)9-17-8-13/h4-9,15,18H,16H2,1-3H3. The molecule has 4 nitrogen and oxygen atoms in total. The second-order valence-electron chi connectivity index (χ2n) is 4.60. The smallest absolute Gasteiger partial charge is 0.137 e. The summed E-state index contributed by atoms with van der Waals surface area (Å²) in [5.41, 5.74) is 7.44. The van der Waals surface area contributed by atoms with Gasteiger partial charge in [-0.3, -0.25) is 10.8 Å². The fraction of sp³-hybridized carbons (Fsp3) is 0.267. The molecule has 0 saturated heterocycles. The largest absolute Gasteiger partial charge is 0.495 e. The molecule has 1 aromatic carbocycles. The normalized spacial score (nSPS) is 12.2. The maximum atomic E-state index is 5.70. The molecule has 1 atom stereocenters. The summed E-state index contributed by atoms with van der Waals surface area (Å²) in [7, 11) is 1.63. The van der Waals surface area contributed by atoms with Crippen molar-refractivity contribution in [2.24, 2.45) is 5.84 Å². The van der Waals surface area contributed by atoms with Crippen molar-refractivity contribution in [2.75, 3.05) is 7.11 Å². The Hall–Kier alpha value is -1.91. The maximum Gasteiger partial charge on any atom is 0.137 e. The molecule has 1 unspecified atom stereocenters. The lowest BCUT2D eigenvalue weighted by molar-refractivity contribution is 0.411. The van der Waals surface area contributed by atoms with Gasteiger partial charge in [0.05, 0.1) is 19.3 Å². The summed E-state index contributed by atoms with van der Waals surface area (Å²) in [6.45, 7) is 4.19. The minimum absolute atomic E-state index is 0.0955. The Morgan fingerprint density at radius 1 is 1.11 bits per heavy atom. The predicted octanol–water partition coefficient (Wildman–Crippen LogP) is 2.26. The zero-order valence-corrected chi connectivity index (χ0v) is 11.5. The highest BCUT2D eigenvalue weighted by molar-refractivity contribution is 5.38. The van der Waals surface area contributed by atoms with Gasteiger partial charge in [-0.25, -0.2) is 5.43 Å². The van der Waals surface area contributed by atoms with Gasteiger partial charge < -0.3 is 4.74 Å². The molecule has 0 bridgehead atoms. The quantitative estimate of drug-likeness (QED) is 0.651. The number of hydrogen-bond donors (Lipinski definition) is 2. The molecule has 1 heterocycles. The number of pyridine rings is 1. The highest BCUT2D eigenvalue weighted by Crippen LogP contribution is 2.25. The molecule has 2 rings (SSSR count). The van der Waals surface area contributed by atoms with Crippen molar-refractivity contribution in [1.29, 1.82) is 0 Å². The highest BCUT2D eigenvalue weighted by atomic mass is 16.5. The van der Waals surface area contributed by atoms with Gasteiger partial charge in [0, 0.05) is 6.20 Å². The molecule has 1 aromatic heterocycles. The molecule has 0 fully saturated rings. The Kier molecular flexibility index (Phi) is 4.14. The van der Waals surface area contributed by atoms with E-state index in [0.717, 1.165) is 16.9 Å². The van der Waals surface area contributed by atoms with E-state index in [-0.39, 0.29) is 6.04 Å². The number of benzene rings is 1. The van der Waals surface area contributed by atoms with Gasteiger partial charge in [-0.1, -0.05) is 18.2 Å². The number of nitrogens with zero attached hydrogens (tertiary/aromatic N) is 1. The lowest BCUT2D eigenvalue weighted by atomic mass is 9.97. The first-order valence-electron chi connectivity index (χ1n) is 6.18. The van der Waals surface area contributed by atoms with E-state index in [1.165, 1.54) is 11.1 Å². The lowest BCUT2D eigenvalue weighted by Gasteiger charge is -2.18. The molecule has 0 saturated carbocycles. The second kappa shape index (κ2) is 5.82. The number of aryl methyl sites for hydroxylation is 2. The van der Waals surface area contributed by atoms with Crippen molar-refractivity contribution in [3.8, 4) is 5.75 Å². The minimum atomic E-state index is -0.0955. The van der Waals surface area contributed by atoms with Crippen molar-refractivity contribution in [2.45, 2.75) is 19.9 Å². The van der Waals surface area contributed by atoms with Crippen LogP contribution in [0.3, 0.4) is 0 Å². The molecule has 0 aliphatic carbocycles. The summed E-state index contributed by atoms with van der Waals surface area (Å²) < 4.78 is 5.20. The molecule has 3 N–H and O–H groups in total. The number of ether oxygens (including phenoxy) is 1. The molecule has 0 radical (unpaired) electrons. The van der Waals surface area contributed by atoms with Gasteiger partial charge in [0.2, 0.25) is 0 Å². The van der Waals surface area contributed by atoms with E-state index in [9.17, 15) is 0 Å². The minimum Gasteiger partial charge on any atom is -0.495 e. The third-order valence-corrected chi connectivity index (χ3v) is 3.33. The first-order chi connectivity index (χ1) is 9.15. The van der Waals surface area contributed by atoms with E-state index in [2.05, 4.69) is 42.5 Å². The average molecular weight is 257 g/mol. The average Bonchev–Trinajstić information content (AvgIpc) is 2.44. The van der Waals surface area contributed by atoms with Gasteiger partial charge in [-0.05, 0) is 42.2 Å². The SMILES string of the molecule is COc1cncc(C(NN)c2ccc(C)c(C)c2)c1. The Morgan fingerprint density at radius 2 is 1.89 bits per heavy atom. The zero-order chi connectivity index (χ0) is 13.8. The van der Waals surface area contributed by atoms with Crippen LogP contribution >= 0.6 is 0 Å². The molecule has 100 valence electrons. The number of aromatic nitrogens is 1. The fourth-order valence-corrected chi connectivity index (χ4v) is 2.03. The molecular formula is C15H19N3O. The van der Waals surface area contributed by atoms with Gasteiger partial charge >= 0.3 is 0 Å². The first kappa shape index (κ1) is 13.5. The van der Waals surface area contributed by atoms with E-state index >= 15 is 0 Å². The Morgan fingerprint density at radius 3 is 2.53 bits per heavy atom. The van der Waals surface area contributed by atoms with Crippen LogP contribution in [-0.4, -0.2) is 12.1 Å². The molecule has 19 heavy (non-hydrogen) atoms. The van der Waals surface area contributed by atoms with Crippen molar-refractivity contribution in [3.05, 3.63) is 58.9 Å². The number of nitrogens with one attached hydrogen (secondary N) is 1. The summed E-state index contributed by atoms with van der Waals surface area (Å²) in [6, 6.07) is 8.16. The van der Waals surface area contributed by atoms with Crippen LogP contribution in [-0.2, 0) is 0 Å². The number of hydrazine groups is 1. The summed E-state index contributed by atoms with van der Waals surface area (Å²) in [5, 5.41) is 0. The number of nitrogens with two attached hydrogens (primary N) is 1. The monoisotopic (exact) mass is 257 g/mol. The summed E-state index contributed by atoms with van der Waals surface area (Å²) in [4.78, 5) is 4.17. The number of hydrogen-bond acceptors (Lipinski definition) is 4. The van der Waals surface area contributed by atoms with Gasteiger partial charge in [-0.15, -0.1) is 0 Å². The lowest BCUT2D eigenvalue weighted by Crippen LogP contribution is -2.29. The van der Waals surface area contributed by atoms with Gasteiger partial charge in [0.1, 0.15) is 5.75 Å². The van der Waals surface area contributed by atoms with Crippen LogP contribution in [0.1, 0.15) is 28.3 Å². The van der Waals surface area contributed by atoms with Crippen LogP contribution in [0.15, 0.2) is 36.7 Å². The summed E-state index contributed by atoms with van der Waals surface area (Å²) >= 11 is 0. The van der Waals surface area contributed by atoms with Crippen LogP contribution in [0.25, 0.3) is 0 Å². The number of rotatable bonds is 4. The van der Waals surface area contributed by atoms with Crippen LogP contribution in [0.2, 0.25) is 0 Å². The van der Waals surface area contributed by atoms with Crippen molar-refractivity contribution >= 4 is 0 Å².